The summed E-state index contributed by atoms with van der Waals surface area (Å²) < 4.78 is 37.7. The lowest BCUT2D eigenvalue weighted by atomic mass is 10.1. The summed E-state index contributed by atoms with van der Waals surface area (Å²) in [5, 5.41) is 0. The smallest absolute Gasteiger partial charge is 0.178 e. The number of rotatable bonds is 5. The standard InChI is InChI=1S/C15H12BrFO3S/c16-12-3-1-11(2-4-12)15(18)9-10-21(19,20)14-7-5-13(17)6-8-14/h1-8H,9-10H2. The minimum atomic E-state index is -3.59. The van der Waals surface area contributed by atoms with Gasteiger partial charge in [0.15, 0.2) is 15.6 Å². The summed E-state index contributed by atoms with van der Waals surface area (Å²) in [6, 6.07) is 11.3. The Kier molecular flexibility index (Phi) is 4.90. The van der Waals surface area contributed by atoms with E-state index >= 15 is 0 Å². The van der Waals surface area contributed by atoms with Crippen molar-refractivity contribution in [3.8, 4) is 0 Å². The van der Waals surface area contributed by atoms with Crippen LogP contribution in [0.2, 0.25) is 0 Å². The molecule has 0 aromatic heterocycles. The van der Waals surface area contributed by atoms with Crippen molar-refractivity contribution in [1.29, 1.82) is 0 Å². The second kappa shape index (κ2) is 6.49. The van der Waals surface area contributed by atoms with Gasteiger partial charge < -0.3 is 0 Å². The van der Waals surface area contributed by atoms with Crippen LogP contribution >= 0.6 is 15.9 Å². The van der Waals surface area contributed by atoms with Gasteiger partial charge in [-0.2, -0.15) is 0 Å². The number of ketones is 1. The number of carbonyl (C=O) groups is 1. The van der Waals surface area contributed by atoms with Gasteiger partial charge in [0.05, 0.1) is 10.6 Å². The van der Waals surface area contributed by atoms with Crippen LogP contribution < -0.4 is 0 Å². The van der Waals surface area contributed by atoms with Gasteiger partial charge in [-0.05, 0) is 36.4 Å². The molecule has 0 aliphatic rings. The van der Waals surface area contributed by atoms with Crippen LogP contribution in [0.3, 0.4) is 0 Å². The molecule has 0 radical (unpaired) electrons. The lowest BCUT2D eigenvalue weighted by molar-refractivity contribution is 0.0988. The summed E-state index contributed by atoms with van der Waals surface area (Å²) in [5.74, 6) is -1.04. The number of hydrogen-bond donors (Lipinski definition) is 0. The van der Waals surface area contributed by atoms with Crippen LogP contribution in [0.5, 0.6) is 0 Å². The van der Waals surface area contributed by atoms with Gasteiger partial charge in [-0.3, -0.25) is 4.79 Å². The molecule has 21 heavy (non-hydrogen) atoms. The number of Topliss-reactive ketones (excluding diaryl/α,β-unsaturated/α-hetero) is 1. The Bertz CT molecular complexity index is 737. The Balaban J connectivity index is 2.06. The Morgan fingerprint density at radius 1 is 1.00 bits per heavy atom. The first-order valence-electron chi connectivity index (χ1n) is 6.15. The van der Waals surface area contributed by atoms with Crippen LogP contribution in [0, 0.1) is 5.82 Å². The van der Waals surface area contributed by atoms with E-state index in [4.69, 9.17) is 0 Å². The van der Waals surface area contributed by atoms with Gasteiger partial charge in [-0.1, -0.05) is 28.1 Å². The highest BCUT2D eigenvalue weighted by atomic mass is 79.9. The van der Waals surface area contributed by atoms with E-state index in [1.54, 1.807) is 24.3 Å². The van der Waals surface area contributed by atoms with E-state index in [2.05, 4.69) is 15.9 Å². The Hall–Kier alpha value is -1.53. The SMILES string of the molecule is O=C(CCS(=O)(=O)c1ccc(F)cc1)c1ccc(Br)cc1. The zero-order chi connectivity index (χ0) is 15.5. The Morgan fingerprint density at radius 3 is 2.14 bits per heavy atom. The molecule has 6 heteroatoms. The summed E-state index contributed by atoms with van der Waals surface area (Å²) in [4.78, 5) is 12.0. The normalized spacial score (nSPS) is 11.3. The highest BCUT2D eigenvalue weighted by Crippen LogP contribution is 2.15. The van der Waals surface area contributed by atoms with Crippen LogP contribution in [0.1, 0.15) is 16.8 Å². The van der Waals surface area contributed by atoms with Gasteiger partial charge in [-0.25, -0.2) is 12.8 Å². The van der Waals surface area contributed by atoms with Crippen molar-refractivity contribution in [3.05, 3.63) is 64.4 Å². The molecule has 0 aliphatic heterocycles. The zero-order valence-electron chi connectivity index (χ0n) is 10.9. The summed E-state index contributed by atoms with van der Waals surface area (Å²) in [7, 11) is -3.59. The van der Waals surface area contributed by atoms with Crippen LogP contribution in [0.15, 0.2) is 57.9 Å². The molecule has 0 unspecified atom stereocenters. The lowest BCUT2D eigenvalue weighted by Gasteiger charge is -2.04. The van der Waals surface area contributed by atoms with E-state index < -0.39 is 15.7 Å². The van der Waals surface area contributed by atoms with Crippen LogP contribution in [-0.4, -0.2) is 20.0 Å². The van der Waals surface area contributed by atoms with Crippen molar-refractivity contribution in [1.82, 2.24) is 0 Å². The molecule has 0 heterocycles. The van der Waals surface area contributed by atoms with E-state index in [9.17, 15) is 17.6 Å². The maximum atomic E-state index is 12.8. The third-order valence-corrected chi connectivity index (χ3v) is 5.20. The van der Waals surface area contributed by atoms with Crippen molar-refractivity contribution >= 4 is 31.6 Å². The van der Waals surface area contributed by atoms with E-state index in [0.29, 0.717) is 5.56 Å². The van der Waals surface area contributed by atoms with Crippen molar-refractivity contribution in [2.45, 2.75) is 11.3 Å². The van der Waals surface area contributed by atoms with Crippen molar-refractivity contribution < 1.29 is 17.6 Å². The average molecular weight is 371 g/mol. The molecule has 0 saturated heterocycles. The number of sulfone groups is 1. The molecule has 0 spiro atoms. The molecule has 3 nitrogen and oxygen atoms in total. The first-order valence-corrected chi connectivity index (χ1v) is 8.60. The van der Waals surface area contributed by atoms with Crippen LogP contribution in [-0.2, 0) is 9.84 Å². The summed E-state index contributed by atoms with van der Waals surface area (Å²) in [5.41, 5.74) is 0.465. The second-order valence-electron chi connectivity index (χ2n) is 4.45. The molecule has 0 bridgehead atoms. The molecule has 0 amide bonds. The Labute approximate surface area is 130 Å². The number of halogens is 2. The summed E-state index contributed by atoms with van der Waals surface area (Å²) in [6.07, 6.45) is -0.110. The van der Waals surface area contributed by atoms with Crippen LogP contribution in [0.25, 0.3) is 0 Å². The van der Waals surface area contributed by atoms with E-state index in [0.717, 1.165) is 16.6 Å². The first-order chi connectivity index (χ1) is 9.88. The lowest BCUT2D eigenvalue weighted by Crippen LogP contribution is -2.11. The maximum Gasteiger partial charge on any atom is 0.178 e. The van der Waals surface area contributed by atoms with E-state index in [1.165, 1.54) is 12.1 Å². The van der Waals surface area contributed by atoms with Gasteiger partial charge in [-0.15, -0.1) is 0 Å². The monoisotopic (exact) mass is 370 g/mol. The predicted molar refractivity (Wildman–Crippen MR) is 81.5 cm³/mol. The molecule has 0 aliphatic carbocycles. The molecule has 0 atom stereocenters. The zero-order valence-corrected chi connectivity index (χ0v) is 13.3. The highest BCUT2D eigenvalue weighted by Gasteiger charge is 2.17. The fourth-order valence-electron chi connectivity index (χ4n) is 1.77. The highest BCUT2D eigenvalue weighted by molar-refractivity contribution is 9.10. The van der Waals surface area contributed by atoms with Gasteiger partial charge in [0.1, 0.15) is 5.82 Å². The fourth-order valence-corrected chi connectivity index (χ4v) is 3.27. The minimum Gasteiger partial charge on any atom is -0.294 e. The molecule has 0 N–H and O–H groups in total. The minimum absolute atomic E-state index is 0.0208. The molecule has 2 aromatic rings. The molecule has 0 fully saturated rings. The van der Waals surface area contributed by atoms with E-state index in [-0.39, 0.29) is 22.9 Å². The molecule has 2 aromatic carbocycles. The number of hydrogen-bond acceptors (Lipinski definition) is 3. The fraction of sp³-hybridized carbons (Fsp3) is 0.133. The van der Waals surface area contributed by atoms with Crippen molar-refractivity contribution in [3.63, 3.8) is 0 Å². The third-order valence-electron chi connectivity index (χ3n) is 2.94. The van der Waals surface area contributed by atoms with Gasteiger partial charge in [0, 0.05) is 16.5 Å². The topological polar surface area (TPSA) is 51.2 Å². The van der Waals surface area contributed by atoms with Crippen molar-refractivity contribution in [2.24, 2.45) is 0 Å². The van der Waals surface area contributed by atoms with Gasteiger partial charge in [0.2, 0.25) is 0 Å². The molecule has 110 valence electrons. The Morgan fingerprint density at radius 2 is 1.57 bits per heavy atom. The number of benzene rings is 2. The van der Waals surface area contributed by atoms with Crippen molar-refractivity contribution in [2.75, 3.05) is 5.75 Å². The molecular formula is C15H12BrFO3S. The summed E-state index contributed by atoms with van der Waals surface area (Å²) in [6.45, 7) is 0. The number of carbonyl (C=O) groups excluding carboxylic acids is 1. The van der Waals surface area contributed by atoms with Gasteiger partial charge in [0.25, 0.3) is 0 Å². The maximum absolute atomic E-state index is 12.8. The second-order valence-corrected chi connectivity index (χ2v) is 7.48. The molecular weight excluding hydrogens is 359 g/mol. The molecule has 0 saturated carbocycles. The quantitative estimate of drug-likeness (QED) is 0.596. The average Bonchev–Trinajstić information content (AvgIpc) is 2.46. The predicted octanol–water partition coefficient (Wildman–Crippen LogP) is 3.63. The summed E-state index contributed by atoms with van der Waals surface area (Å²) >= 11 is 3.26. The van der Waals surface area contributed by atoms with E-state index in [1.807, 2.05) is 0 Å². The molecule has 2 rings (SSSR count). The third kappa shape index (κ3) is 4.22. The first kappa shape index (κ1) is 15.9. The van der Waals surface area contributed by atoms with Gasteiger partial charge >= 0.3 is 0 Å². The largest absolute Gasteiger partial charge is 0.294 e. The van der Waals surface area contributed by atoms with Crippen LogP contribution in [0.4, 0.5) is 4.39 Å².